The van der Waals surface area contributed by atoms with E-state index in [2.05, 4.69) is 5.32 Å². The van der Waals surface area contributed by atoms with Gasteiger partial charge in [0.2, 0.25) is 0 Å². The normalized spacial score (nSPS) is 13.3. The summed E-state index contributed by atoms with van der Waals surface area (Å²) in [6.07, 6.45) is 2.44. The number of para-hydroxylation sites is 1. The first-order chi connectivity index (χ1) is 19.2. The molecule has 0 aliphatic heterocycles. The summed E-state index contributed by atoms with van der Waals surface area (Å²) in [5, 5.41) is 3.88. The molecule has 0 radical (unpaired) electrons. The number of rotatable bonds is 10. The van der Waals surface area contributed by atoms with Crippen LogP contribution >= 0.6 is 0 Å². The van der Waals surface area contributed by atoms with Gasteiger partial charge < -0.3 is 24.9 Å². The van der Waals surface area contributed by atoms with Gasteiger partial charge in [0.25, 0.3) is 5.91 Å². The number of esters is 1. The standard InChI is InChI=1S/C33H36N2O5/c1-33(2,3)40-30(36)17-24-8-4-5-10-29(24)38-20-27-15-25-14-26(32(37)35-19-21-11-12-21)16-28(31(25)39-27)23-9-6-7-22(13-23)18-34/h4-10,13-16,21H,11-12,17-20,34H2,1-3H3,(H,35,37). The van der Waals surface area contributed by atoms with E-state index in [0.29, 0.717) is 41.7 Å². The monoisotopic (exact) mass is 540 g/mol. The van der Waals surface area contributed by atoms with Crippen LogP contribution in [0, 0.1) is 5.92 Å². The lowest BCUT2D eigenvalue weighted by Gasteiger charge is -2.20. The van der Waals surface area contributed by atoms with Gasteiger partial charge in [0, 0.05) is 35.2 Å². The molecule has 0 saturated heterocycles. The Morgan fingerprint density at radius 3 is 2.58 bits per heavy atom. The molecule has 1 aliphatic rings. The molecular formula is C33H36N2O5. The number of ether oxygens (including phenoxy) is 2. The highest BCUT2D eigenvalue weighted by Gasteiger charge is 2.23. The second-order valence-corrected chi connectivity index (χ2v) is 11.4. The highest BCUT2D eigenvalue weighted by atomic mass is 16.6. The van der Waals surface area contributed by atoms with Crippen LogP contribution < -0.4 is 15.8 Å². The molecule has 1 aliphatic carbocycles. The molecule has 0 bridgehead atoms. The fourth-order valence-corrected chi connectivity index (χ4v) is 4.62. The highest BCUT2D eigenvalue weighted by molar-refractivity contribution is 6.03. The minimum absolute atomic E-state index is 0.0971. The van der Waals surface area contributed by atoms with E-state index in [-0.39, 0.29) is 24.9 Å². The Balaban J connectivity index is 1.42. The first-order valence-electron chi connectivity index (χ1n) is 13.7. The van der Waals surface area contributed by atoms with E-state index in [4.69, 9.17) is 19.6 Å². The van der Waals surface area contributed by atoms with E-state index in [1.54, 1.807) is 0 Å². The van der Waals surface area contributed by atoms with Crippen molar-refractivity contribution in [2.45, 2.75) is 58.8 Å². The van der Waals surface area contributed by atoms with E-state index >= 15 is 0 Å². The Hall–Kier alpha value is -4.10. The van der Waals surface area contributed by atoms with E-state index in [9.17, 15) is 9.59 Å². The fourth-order valence-electron chi connectivity index (χ4n) is 4.62. The van der Waals surface area contributed by atoms with E-state index in [1.165, 1.54) is 12.8 Å². The number of furan rings is 1. The molecular weight excluding hydrogens is 504 g/mol. The van der Waals surface area contributed by atoms with Crippen LogP contribution in [0.4, 0.5) is 0 Å². The Morgan fingerprint density at radius 2 is 1.82 bits per heavy atom. The Bertz CT molecular complexity index is 1530. The fraction of sp³-hybridized carbons (Fsp3) is 0.333. The predicted molar refractivity (Wildman–Crippen MR) is 155 cm³/mol. The van der Waals surface area contributed by atoms with Crippen LogP contribution in [-0.2, 0) is 29.1 Å². The van der Waals surface area contributed by atoms with Crippen LogP contribution in [0.5, 0.6) is 5.75 Å². The molecule has 1 heterocycles. The van der Waals surface area contributed by atoms with E-state index in [0.717, 1.165) is 27.6 Å². The van der Waals surface area contributed by atoms with Crippen molar-refractivity contribution in [2.24, 2.45) is 11.7 Å². The molecule has 0 unspecified atom stereocenters. The van der Waals surface area contributed by atoms with Crippen LogP contribution in [0.3, 0.4) is 0 Å². The predicted octanol–water partition coefficient (Wildman–Crippen LogP) is 6.16. The van der Waals surface area contributed by atoms with Crippen LogP contribution in [0.2, 0.25) is 0 Å². The van der Waals surface area contributed by atoms with Gasteiger partial charge in [-0.25, -0.2) is 0 Å². The summed E-state index contributed by atoms with van der Waals surface area (Å²) < 4.78 is 17.9. The van der Waals surface area contributed by atoms with Crippen LogP contribution in [0.15, 0.2) is 71.1 Å². The number of nitrogens with one attached hydrogen (secondary N) is 1. The topological polar surface area (TPSA) is 104 Å². The zero-order valence-electron chi connectivity index (χ0n) is 23.3. The first-order valence-corrected chi connectivity index (χ1v) is 13.7. The number of amides is 1. The number of fused-ring (bicyclic) bond motifs is 1. The molecule has 4 aromatic rings. The Morgan fingerprint density at radius 1 is 1.02 bits per heavy atom. The lowest BCUT2D eigenvalue weighted by molar-refractivity contribution is -0.153. The maximum Gasteiger partial charge on any atom is 0.310 e. The summed E-state index contributed by atoms with van der Waals surface area (Å²) in [5.74, 6) is 1.37. The van der Waals surface area contributed by atoms with Crippen molar-refractivity contribution in [3.05, 3.63) is 89.2 Å². The van der Waals surface area contributed by atoms with Gasteiger partial charge in [-0.3, -0.25) is 9.59 Å². The molecule has 3 aromatic carbocycles. The number of hydrogen-bond donors (Lipinski definition) is 2. The smallest absolute Gasteiger partial charge is 0.310 e. The van der Waals surface area contributed by atoms with Gasteiger partial charge in [0.15, 0.2) is 0 Å². The van der Waals surface area contributed by atoms with Gasteiger partial charge in [-0.05, 0) is 81.0 Å². The molecule has 7 heteroatoms. The molecule has 7 nitrogen and oxygen atoms in total. The molecule has 1 fully saturated rings. The molecule has 1 saturated carbocycles. The minimum atomic E-state index is -0.559. The van der Waals surface area contributed by atoms with E-state index in [1.807, 2.05) is 87.5 Å². The van der Waals surface area contributed by atoms with Crippen molar-refractivity contribution in [3.8, 4) is 16.9 Å². The zero-order valence-corrected chi connectivity index (χ0v) is 23.3. The van der Waals surface area contributed by atoms with Crippen LogP contribution in [0.25, 0.3) is 22.1 Å². The molecule has 0 atom stereocenters. The summed E-state index contributed by atoms with van der Waals surface area (Å²) in [6, 6.07) is 21.0. The number of hydrogen-bond acceptors (Lipinski definition) is 6. The van der Waals surface area contributed by atoms with Crippen molar-refractivity contribution in [3.63, 3.8) is 0 Å². The van der Waals surface area contributed by atoms with Crippen molar-refractivity contribution < 1.29 is 23.5 Å². The summed E-state index contributed by atoms with van der Waals surface area (Å²) in [5.41, 5.74) is 10.1. The molecule has 3 N–H and O–H groups in total. The molecule has 1 amide bonds. The first kappa shape index (κ1) is 27.5. The van der Waals surface area contributed by atoms with E-state index < -0.39 is 5.60 Å². The van der Waals surface area contributed by atoms with Gasteiger partial charge >= 0.3 is 5.97 Å². The molecule has 40 heavy (non-hydrogen) atoms. The summed E-state index contributed by atoms with van der Waals surface area (Å²) >= 11 is 0. The van der Waals surface area contributed by atoms with Crippen LogP contribution in [-0.4, -0.2) is 24.0 Å². The van der Waals surface area contributed by atoms with Gasteiger partial charge in [0.05, 0.1) is 6.42 Å². The van der Waals surface area contributed by atoms with Gasteiger partial charge in [-0.1, -0.05) is 36.4 Å². The molecule has 5 rings (SSSR count). The number of carbonyl (C=O) groups is 2. The number of carbonyl (C=O) groups excluding carboxylic acids is 2. The third kappa shape index (κ3) is 6.90. The highest BCUT2D eigenvalue weighted by Crippen LogP contribution is 2.34. The maximum absolute atomic E-state index is 13.0. The Kier molecular flexibility index (Phi) is 7.94. The van der Waals surface area contributed by atoms with Crippen molar-refractivity contribution in [2.75, 3.05) is 6.54 Å². The lowest BCUT2D eigenvalue weighted by Crippen LogP contribution is -2.25. The molecule has 1 aromatic heterocycles. The zero-order chi connectivity index (χ0) is 28.3. The largest absolute Gasteiger partial charge is 0.485 e. The van der Waals surface area contributed by atoms with Gasteiger partial charge in [0.1, 0.15) is 29.3 Å². The van der Waals surface area contributed by atoms with Crippen molar-refractivity contribution in [1.29, 1.82) is 0 Å². The molecule has 208 valence electrons. The summed E-state index contributed by atoms with van der Waals surface area (Å²) in [4.78, 5) is 25.5. The average molecular weight is 541 g/mol. The maximum atomic E-state index is 13.0. The lowest BCUT2D eigenvalue weighted by atomic mass is 9.98. The quantitative estimate of drug-likeness (QED) is 0.234. The number of benzene rings is 3. The van der Waals surface area contributed by atoms with Crippen LogP contribution in [0.1, 0.15) is 60.9 Å². The minimum Gasteiger partial charge on any atom is -0.485 e. The summed E-state index contributed by atoms with van der Waals surface area (Å²) in [6.45, 7) is 6.80. The SMILES string of the molecule is CC(C)(C)OC(=O)Cc1ccccc1OCc1cc2cc(C(=O)NCC3CC3)cc(-c3cccc(CN)c3)c2o1. The molecule has 0 spiro atoms. The van der Waals surface area contributed by atoms with Crippen molar-refractivity contribution in [1.82, 2.24) is 5.32 Å². The van der Waals surface area contributed by atoms with Gasteiger partial charge in [-0.2, -0.15) is 0 Å². The van der Waals surface area contributed by atoms with Gasteiger partial charge in [-0.15, -0.1) is 0 Å². The third-order valence-electron chi connectivity index (χ3n) is 6.75. The second-order valence-electron chi connectivity index (χ2n) is 11.4. The summed E-state index contributed by atoms with van der Waals surface area (Å²) in [7, 11) is 0. The van der Waals surface area contributed by atoms with Crippen molar-refractivity contribution >= 4 is 22.8 Å². The average Bonchev–Trinajstić information content (AvgIpc) is 3.66. The third-order valence-corrected chi connectivity index (χ3v) is 6.75. The second kappa shape index (κ2) is 11.6. The number of nitrogens with two attached hydrogens (primary N) is 1. The Labute approximate surface area is 234 Å².